The van der Waals surface area contributed by atoms with Gasteiger partial charge in [0.25, 0.3) is 0 Å². The highest BCUT2D eigenvalue weighted by Gasteiger charge is 2.47. The molecule has 0 spiro atoms. The molecule has 4 atom stereocenters. The van der Waals surface area contributed by atoms with Crippen LogP contribution in [0.2, 0.25) is 0 Å². The van der Waals surface area contributed by atoms with Gasteiger partial charge in [0.05, 0.1) is 31.5 Å². The van der Waals surface area contributed by atoms with E-state index in [9.17, 15) is 0 Å². The molecular weight excluding hydrogens is 1130 g/mol. The highest BCUT2D eigenvalue weighted by Crippen LogP contribution is 2.60. The topological polar surface area (TPSA) is 51.6 Å². The fraction of sp³-hybridized carbons (Fsp3) is 0.405. The number of para-hydroxylation sites is 2. The van der Waals surface area contributed by atoms with E-state index >= 15 is 0 Å². The second-order valence-corrected chi connectivity index (χ2v) is 29.4. The van der Waals surface area contributed by atoms with Gasteiger partial charge in [-0.2, -0.15) is 0 Å². The molecule has 0 aliphatic heterocycles. The van der Waals surface area contributed by atoms with Gasteiger partial charge in [-0.05, 0) is 166 Å². The summed E-state index contributed by atoms with van der Waals surface area (Å²) in [5.41, 5.74) is 22.8. The van der Waals surface area contributed by atoms with Crippen LogP contribution in [-0.4, -0.2) is 19.9 Å². The van der Waals surface area contributed by atoms with Gasteiger partial charge in [-0.3, -0.25) is 9.97 Å². The number of thiazole rings is 2. The average Bonchev–Trinajstić information content (AvgIpc) is 1.57. The first kappa shape index (κ1) is 62.0. The van der Waals surface area contributed by atoms with Gasteiger partial charge >= 0.3 is 0 Å². The van der Waals surface area contributed by atoms with E-state index in [2.05, 4.69) is 213 Å². The van der Waals surface area contributed by atoms with E-state index in [1.165, 1.54) is 179 Å². The minimum atomic E-state index is -0.122. The number of nitrogens with zero attached hydrogens (tertiary/aromatic N) is 4. The fourth-order valence-electron chi connectivity index (χ4n) is 16.5. The summed E-state index contributed by atoms with van der Waals surface area (Å²) in [6.07, 6.45) is 28.8. The monoisotopic (exact) mass is 1220 g/mol. The van der Waals surface area contributed by atoms with Crippen molar-refractivity contribution in [2.24, 2.45) is 23.7 Å². The van der Waals surface area contributed by atoms with Gasteiger partial charge in [-0.1, -0.05) is 243 Å². The number of fused-ring (bicyclic) bond motifs is 11. The summed E-state index contributed by atoms with van der Waals surface area (Å²) in [6.45, 7) is 19.2. The van der Waals surface area contributed by atoms with E-state index in [0.29, 0.717) is 23.7 Å². The molecule has 7 aromatic carbocycles. The van der Waals surface area contributed by atoms with Gasteiger partial charge in [0, 0.05) is 56.2 Å². The largest absolute Gasteiger partial charge is 0.253 e. The Morgan fingerprint density at radius 1 is 0.344 bits per heavy atom. The number of benzene rings is 7. The molecule has 2 aliphatic carbocycles. The van der Waals surface area contributed by atoms with Crippen molar-refractivity contribution in [2.45, 2.75) is 195 Å². The van der Waals surface area contributed by atoms with Gasteiger partial charge in [0.1, 0.15) is 10.0 Å². The van der Waals surface area contributed by atoms with E-state index in [1.807, 2.05) is 22.7 Å². The Morgan fingerprint density at radius 3 is 0.989 bits per heavy atom. The Hall–Kier alpha value is -6.86. The third-order valence-corrected chi connectivity index (χ3v) is 23.9. The zero-order chi connectivity index (χ0) is 61.9. The third-order valence-electron chi connectivity index (χ3n) is 21.7. The molecule has 0 bridgehead atoms. The van der Waals surface area contributed by atoms with E-state index in [1.54, 1.807) is 0 Å². The van der Waals surface area contributed by atoms with Crippen molar-refractivity contribution >= 4 is 64.9 Å². The Labute approximate surface area is 545 Å². The van der Waals surface area contributed by atoms with Gasteiger partial charge in [-0.25, -0.2) is 9.97 Å². The lowest BCUT2D eigenvalue weighted by molar-refractivity contribution is 0.266. The molecule has 13 rings (SSSR count). The van der Waals surface area contributed by atoms with E-state index in [0.717, 1.165) is 79.7 Å². The first-order valence-corrected chi connectivity index (χ1v) is 36.8. The molecule has 90 heavy (non-hydrogen) atoms. The molecule has 0 radical (unpaired) electrons. The van der Waals surface area contributed by atoms with Crippen molar-refractivity contribution in [1.29, 1.82) is 0 Å². The van der Waals surface area contributed by atoms with Crippen LogP contribution < -0.4 is 0 Å². The number of unbranched alkanes of at least 4 members (excludes halogenated alkanes) is 4. The van der Waals surface area contributed by atoms with Crippen molar-refractivity contribution in [1.82, 2.24) is 19.9 Å². The average molecular weight is 1220 g/mol. The maximum atomic E-state index is 5.38. The minimum absolute atomic E-state index is 0.122. The van der Waals surface area contributed by atoms with Gasteiger partial charge < -0.3 is 0 Å². The predicted octanol–water partition coefficient (Wildman–Crippen LogP) is 25.6. The molecule has 0 saturated carbocycles. The lowest BCUT2D eigenvalue weighted by Gasteiger charge is -2.39. The molecule has 0 fully saturated rings. The van der Waals surface area contributed by atoms with Crippen LogP contribution in [0.1, 0.15) is 206 Å². The highest BCUT2D eigenvalue weighted by atomic mass is 32.1. The molecule has 4 aromatic heterocycles. The van der Waals surface area contributed by atoms with Gasteiger partial charge in [0.15, 0.2) is 0 Å². The second kappa shape index (κ2) is 27.1. The number of hydrogen-bond acceptors (Lipinski definition) is 6. The van der Waals surface area contributed by atoms with E-state index in [4.69, 9.17) is 19.9 Å². The Bertz CT molecular complexity index is 3960. The van der Waals surface area contributed by atoms with Crippen molar-refractivity contribution in [3.05, 3.63) is 180 Å². The van der Waals surface area contributed by atoms with Gasteiger partial charge in [0.2, 0.25) is 0 Å². The molecule has 0 N–H and O–H groups in total. The first-order valence-electron chi connectivity index (χ1n) is 35.1. The normalized spacial score (nSPS) is 17.2. The smallest absolute Gasteiger partial charge is 0.124 e. The zero-order valence-corrected chi connectivity index (χ0v) is 56.7. The van der Waals surface area contributed by atoms with Crippen LogP contribution in [0.4, 0.5) is 0 Å². The summed E-state index contributed by atoms with van der Waals surface area (Å²) in [7, 11) is 0. The van der Waals surface area contributed by atoms with Crippen molar-refractivity contribution in [3.8, 4) is 65.6 Å². The molecule has 462 valence electrons. The minimum Gasteiger partial charge on any atom is -0.253 e. The Morgan fingerprint density at radius 2 is 0.667 bits per heavy atom. The summed E-state index contributed by atoms with van der Waals surface area (Å²) in [5, 5.41) is 4.48. The molecule has 0 saturated heterocycles. The predicted molar refractivity (Wildman–Crippen MR) is 389 cm³/mol. The van der Waals surface area contributed by atoms with Crippen LogP contribution in [0.25, 0.3) is 108 Å². The number of hydrogen-bond donors (Lipinski definition) is 0. The van der Waals surface area contributed by atoms with Crippen LogP contribution in [0.15, 0.2) is 158 Å². The lowest BCUT2D eigenvalue weighted by Crippen LogP contribution is -2.31. The third kappa shape index (κ3) is 11.8. The second-order valence-electron chi connectivity index (χ2n) is 27.3. The zero-order valence-electron chi connectivity index (χ0n) is 55.1. The molecule has 0 amide bonds. The number of rotatable bonds is 28. The highest BCUT2D eigenvalue weighted by molar-refractivity contribution is 7.22. The quantitative estimate of drug-likeness (QED) is 0.0459. The van der Waals surface area contributed by atoms with Crippen molar-refractivity contribution < 1.29 is 0 Å². The van der Waals surface area contributed by atoms with Crippen LogP contribution >= 0.6 is 22.7 Å². The molecular formula is C84H94N4S2. The number of pyridine rings is 2. The molecule has 11 aromatic rings. The van der Waals surface area contributed by atoms with Crippen LogP contribution in [-0.2, 0) is 10.8 Å². The van der Waals surface area contributed by atoms with Crippen molar-refractivity contribution in [3.63, 3.8) is 0 Å². The maximum absolute atomic E-state index is 5.38. The SMILES string of the molecule is CCCCC(CC)CC1(CC(CC)CCCC)c2cc(-c3cnc4c(ccc5cc(-c6ccc7c(c6)C(CC(CC)CCCC)(CC(CC)CCCC)c6cc(-c8nc9ccccc9s8)ccc6-7)cnc54)c3)ccc2-c2ccc(-c3nc4ccccc4s3)cc21. The summed E-state index contributed by atoms with van der Waals surface area (Å²) in [6, 6.07) is 56.3. The van der Waals surface area contributed by atoms with Crippen LogP contribution in [0, 0.1) is 23.7 Å². The number of aromatic nitrogens is 4. The molecule has 2 aliphatic rings. The summed E-state index contributed by atoms with van der Waals surface area (Å²) < 4.78 is 2.49. The first-order chi connectivity index (χ1) is 44.1. The van der Waals surface area contributed by atoms with E-state index in [-0.39, 0.29) is 10.8 Å². The van der Waals surface area contributed by atoms with Crippen LogP contribution in [0.3, 0.4) is 0 Å². The molecule has 4 nitrogen and oxygen atoms in total. The summed E-state index contributed by atoms with van der Waals surface area (Å²) in [4.78, 5) is 21.2. The molecule has 6 heteroatoms. The Kier molecular flexibility index (Phi) is 18.7. The fourth-order valence-corrected chi connectivity index (χ4v) is 18.4. The molecule has 4 heterocycles. The summed E-state index contributed by atoms with van der Waals surface area (Å²) >= 11 is 3.65. The van der Waals surface area contributed by atoms with Crippen molar-refractivity contribution in [2.75, 3.05) is 0 Å². The maximum Gasteiger partial charge on any atom is 0.124 e. The van der Waals surface area contributed by atoms with Gasteiger partial charge in [-0.15, -0.1) is 22.7 Å². The van der Waals surface area contributed by atoms with E-state index < -0.39 is 0 Å². The Balaban J connectivity index is 0.883. The van der Waals surface area contributed by atoms with Crippen LogP contribution in [0.5, 0.6) is 0 Å². The standard InChI is InChI=1S/C84H94N4S2/c1-9-17-25-55(13-5)49-83(50-56(14-6)26-18-10-2)71-45-59(35-39-67(71)69-41-37-63(47-73(69)83)81-87-75-29-21-23-31-77(75)89-81)65-43-61-33-34-62-44-66(54-86-80(62)79(61)85-53-65)60-36-40-68-70-42-38-64(82-88-76-30-22-24-32-78(76)90-82)48-74(70)84(72(68)46-60,51-57(15-7)27-19-11-3)52-58(16-8)28-20-12-4/h21-24,29-48,53-58H,9-20,25-28,49-52H2,1-8H3. The molecule has 4 unspecified atom stereocenters. The summed E-state index contributed by atoms with van der Waals surface area (Å²) in [5.74, 6) is 2.53. The lowest BCUT2D eigenvalue weighted by atomic mass is 9.65.